The first-order chi connectivity index (χ1) is 10.1. The standard InChI is InChI=1S/C16H21N3O2/c1-12-6-5-7-13(17-12)10-19-11-14(20)18-16(15(19)21)8-3-2-4-9-16/h5-7H,2-4,8-11H2,1H3,(H,18,20). The van der Waals surface area contributed by atoms with Gasteiger partial charge in [0.05, 0.1) is 12.2 Å². The zero-order valence-corrected chi connectivity index (χ0v) is 12.4. The first-order valence-electron chi connectivity index (χ1n) is 7.62. The Morgan fingerprint density at radius 3 is 2.71 bits per heavy atom. The summed E-state index contributed by atoms with van der Waals surface area (Å²) in [6, 6.07) is 5.76. The quantitative estimate of drug-likeness (QED) is 0.897. The van der Waals surface area contributed by atoms with Gasteiger partial charge in [0.1, 0.15) is 12.1 Å². The van der Waals surface area contributed by atoms with Gasteiger partial charge in [-0.15, -0.1) is 0 Å². The van der Waals surface area contributed by atoms with Crippen LogP contribution in [0.15, 0.2) is 18.2 Å². The Labute approximate surface area is 124 Å². The van der Waals surface area contributed by atoms with Crippen LogP contribution in [0, 0.1) is 6.92 Å². The molecule has 2 fully saturated rings. The van der Waals surface area contributed by atoms with E-state index in [2.05, 4.69) is 10.3 Å². The second-order valence-electron chi connectivity index (χ2n) is 6.12. The van der Waals surface area contributed by atoms with Gasteiger partial charge in [0.2, 0.25) is 11.8 Å². The Morgan fingerprint density at radius 2 is 2.00 bits per heavy atom. The topological polar surface area (TPSA) is 62.3 Å². The second kappa shape index (κ2) is 5.47. The summed E-state index contributed by atoms with van der Waals surface area (Å²) in [6.45, 7) is 2.47. The third kappa shape index (κ3) is 2.77. The minimum atomic E-state index is -0.655. The number of amides is 2. The molecule has 21 heavy (non-hydrogen) atoms. The van der Waals surface area contributed by atoms with E-state index in [9.17, 15) is 9.59 Å². The Balaban J connectivity index is 1.81. The van der Waals surface area contributed by atoms with Crippen LogP contribution in [0.3, 0.4) is 0 Å². The van der Waals surface area contributed by atoms with Gasteiger partial charge in [0.15, 0.2) is 0 Å². The fourth-order valence-electron chi connectivity index (χ4n) is 3.41. The number of piperazine rings is 1. The lowest BCUT2D eigenvalue weighted by Gasteiger charge is -2.44. The number of carbonyl (C=O) groups is 2. The highest BCUT2D eigenvalue weighted by molar-refractivity contribution is 5.98. The van der Waals surface area contributed by atoms with Gasteiger partial charge in [0, 0.05) is 5.69 Å². The molecule has 1 aromatic heterocycles. The highest BCUT2D eigenvalue weighted by Crippen LogP contribution is 2.32. The first kappa shape index (κ1) is 14.0. The third-order valence-corrected chi connectivity index (χ3v) is 4.42. The number of hydrogen-bond acceptors (Lipinski definition) is 3. The largest absolute Gasteiger partial charge is 0.340 e. The van der Waals surface area contributed by atoms with Gasteiger partial charge in [-0.25, -0.2) is 0 Å². The van der Waals surface area contributed by atoms with Gasteiger partial charge in [-0.05, 0) is 31.9 Å². The number of nitrogens with one attached hydrogen (secondary N) is 1. The van der Waals surface area contributed by atoms with E-state index in [-0.39, 0.29) is 18.4 Å². The van der Waals surface area contributed by atoms with E-state index in [4.69, 9.17) is 0 Å². The van der Waals surface area contributed by atoms with Crippen molar-refractivity contribution < 1.29 is 9.59 Å². The number of carbonyl (C=O) groups excluding carboxylic acids is 2. The van der Waals surface area contributed by atoms with E-state index in [1.807, 2.05) is 25.1 Å². The summed E-state index contributed by atoms with van der Waals surface area (Å²) in [7, 11) is 0. The summed E-state index contributed by atoms with van der Waals surface area (Å²) in [5, 5.41) is 2.96. The number of aromatic nitrogens is 1. The van der Waals surface area contributed by atoms with E-state index in [1.54, 1.807) is 4.90 Å². The molecule has 0 radical (unpaired) electrons. The molecule has 1 saturated carbocycles. The molecule has 0 bridgehead atoms. The molecule has 1 spiro atoms. The lowest BCUT2D eigenvalue weighted by Crippen LogP contribution is -2.66. The summed E-state index contributed by atoms with van der Waals surface area (Å²) >= 11 is 0. The average Bonchev–Trinajstić information content (AvgIpc) is 2.45. The summed E-state index contributed by atoms with van der Waals surface area (Å²) in [4.78, 5) is 30.9. The normalized spacial score (nSPS) is 21.5. The number of aryl methyl sites for hydroxylation is 1. The Hall–Kier alpha value is -1.91. The van der Waals surface area contributed by atoms with Crippen LogP contribution >= 0.6 is 0 Å². The lowest BCUT2D eigenvalue weighted by molar-refractivity contribution is -0.152. The van der Waals surface area contributed by atoms with E-state index >= 15 is 0 Å². The molecule has 1 saturated heterocycles. The molecule has 2 aliphatic rings. The molecular formula is C16H21N3O2. The van der Waals surface area contributed by atoms with E-state index in [0.717, 1.165) is 43.5 Å². The number of nitrogens with zero attached hydrogens (tertiary/aromatic N) is 2. The molecule has 2 heterocycles. The van der Waals surface area contributed by atoms with Crippen LogP contribution < -0.4 is 5.32 Å². The molecular weight excluding hydrogens is 266 g/mol. The van der Waals surface area contributed by atoms with E-state index < -0.39 is 5.54 Å². The van der Waals surface area contributed by atoms with Crippen molar-refractivity contribution in [1.29, 1.82) is 0 Å². The molecule has 0 atom stereocenters. The van der Waals surface area contributed by atoms with Crippen LogP contribution in [0.5, 0.6) is 0 Å². The number of hydrogen-bond donors (Lipinski definition) is 1. The molecule has 1 aliphatic heterocycles. The number of rotatable bonds is 2. The van der Waals surface area contributed by atoms with Crippen LogP contribution in [-0.2, 0) is 16.1 Å². The summed E-state index contributed by atoms with van der Waals surface area (Å²) in [5.41, 5.74) is 1.11. The van der Waals surface area contributed by atoms with Crippen LogP contribution in [0.4, 0.5) is 0 Å². The Kier molecular flexibility index (Phi) is 3.66. The maximum absolute atomic E-state index is 12.8. The predicted octanol–water partition coefficient (Wildman–Crippen LogP) is 1.55. The van der Waals surface area contributed by atoms with E-state index in [1.165, 1.54) is 0 Å². The maximum atomic E-state index is 12.8. The summed E-state index contributed by atoms with van der Waals surface area (Å²) < 4.78 is 0. The molecule has 112 valence electrons. The molecule has 5 heteroatoms. The molecule has 1 aromatic rings. The minimum absolute atomic E-state index is 0.0517. The van der Waals surface area contributed by atoms with Gasteiger partial charge < -0.3 is 10.2 Å². The van der Waals surface area contributed by atoms with Gasteiger partial charge >= 0.3 is 0 Å². The molecule has 3 rings (SSSR count). The zero-order chi connectivity index (χ0) is 14.9. The lowest BCUT2D eigenvalue weighted by atomic mass is 9.79. The van der Waals surface area contributed by atoms with Crippen LogP contribution in [0.2, 0.25) is 0 Å². The van der Waals surface area contributed by atoms with Crippen molar-refractivity contribution in [3.63, 3.8) is 0 Å². The molecule has 1 N–H and O–H groups in total. The van der Waals surface area contributed by atoms with Crippen LogP contribution in [0.25, 0.3) is 0 Å². The van der Waals surface area contributed by atoms with Crippen LogP contribution in [-0.4, -0.2) is 33.8 Å². The highest BCUT2D eigenvalue weighted by atomic mass is 16.2. The van der Waals surface area contributed by atoms with Crippen molar-refractivity contribution in [1.82, 2.24) is 15.2 Å². The Bertz CT molecular complexity index is 564. The second-order valence-corrected chi connectivity index (χ2v) is 6.12. The SMILES string of the molecule is Cc1cccc(CN2CC(=O)NC3(CCCCC3)C2=O)n1. The van der Waals surface area contributed by atoms with Gasteiger partial charge in [-0.2, -0.15) is 0 Å². The van der Waals surface area contributed by atoms with Gasteiger partial charge in [-0.3, -0.25) is 14.6 Å². The van der Waals surface area contributed by atoms with Crippen LogP contribution in [0.1, 0.15) is 43.5 Å². The first-order valence-corrected chi connectivity index (χ1v) is 7.62. The fraction of sp³-hybridized carbons (Fsp3) is 0.562. The highest BCUT2D eigenvalue weighted by Gasteiger charge is 2.46. The predicted molar refractivity (Wildman–Crippen MR) is 78.3 cm³/mol. The van der Waals surface area contributed by atoms with Crippen molar-refractivity contribution in [2.75, 3.05) is 6.54 Å². The van der Waals surface area contributed by atoms with Crippen molar-refractivity contribution in [2.45, 2.75) is 51.1 Å². The summed E-state index contributed by atoms with van der Waals surface area (Å²) in [5.74, 6) is 0.00857. The zero-order valence-electron chi connectivity index (χ0n) is 12.4. The maximum Gasteiger partial charge on any atom is 0.249 e. The number of pyridine rings is 1. The molecule has 1 aliphatic carbocycles. The van der Waals surface area contributed by atoms with Crippen molar-refractivity contribution >= 4 is 11.8 Å². The van der Waals surface area contributed by atoms with Crippen molar-refractivity contribution in [3.05, 3.63) is 29.6 Å². The van der Waals surface area contributed by atoms with Gasteiger partial charge in [0.25, 0.3) is 0 Å². The monoisotopic (exact) mass is 287 g/mol. The molecule has 0 unspecified atom stereocenters. The Morgan fingerprint density at radius 1 is 1.24 bits per heavy atom. The average molecular weight is 287 g/mol. The van der Waals surface area contributed by atoms with E-state index in [0.29, 0.717) is 6.54 Å². The van der Waals surface area contributed by atoms with Crippen molar-refractivity contribution in [3.8, 4) is 0 Å². The smallest absolute Gasteiger partial charge is 0.249 e. The van der Waals surface area contributed by atoms with Crippen molar-refractivity contribution in [2.24, 2.45) is 0 Å². The molecule has 0 aromatic carbocycles. The molecule has 2 amide bonds. The fourth-order valence-corrected chi connectivity index (χ4v) is 3.41. The minimum Gasteiger partial charge on any atom is -0.340 e. The van der Waals surface area contributed by atoms with Gasteiger partial charge in [-0.1, -0.05) is 25.3 Å². The molecule has 5 nitrogen and oxygen atoms in total. The third-order valence-electron chi connectivity index (χ3n) is 4.42. The summed E-state index contributed by atoms with van der Waals surface area (Å²) in [6.07, 6.45) is 4.67.